The van der Waals surface area contributed by atoms with Crippen LogP contribution in [-0.2, 0) is 14.8 Å². The standard InChI is InChI=1S/C15H19N5O4S2/c1-26(22,23)17-8-11-9-24-7-6-20(11)15(21)19-13-10-25-14(18-13)12-4-2-3-5-16-12/h2-5,10-11,17H,6-9H2,1H3,(H,19,21). The molecule has 1 atom stereocenters. The maximum Gasteiger partial charge on any atom is 0.323 e. The second kappa shape index (κ2) is 8.08. The summed E-state index contributed by atoms with van der Waals surface area (Å²) in [6, 6.07) is 4.82. The minimum atomic E-state index is -3.34. The zero-order chi connectivity index (χ0) is 18.6. The molecule has 1 unspecified atom stereocenters. The van der Waals surface area contributed by atoms with E-state index in [0.29, 0.717) is 24.0 Å². The molecule has 2 aromatic rings. The molecule has 0 spiro atoms. The number of carbonyl (C=O) groups is 1. The number of amides is 2. The monoisotopic (exact) mass is 397 g/mol. The number of nitrogens with one attached hydrogen (secondary N) is 2. The Balaban J connectivity index is 1.65. The van der Waals surface area contributed by atoms with Crippen LogP contribution in [0.25, 0.3) is 10.7 Å². The number of pyridine rings is 1. The highest BCUT2D eigenvalue weighted by Gasteiger charge is 2.28. The Kier molecular flexibility index (Phi) is 5.81. The molecular weight excluding hydrogens is 378 g/mol. The molecule has 0 aromatic carbocycles. The molecule has 1 aliphatic heterocycles. The van der Waals surface area contributed by atoms with Gasteiger partial charge in [0.15, 0.2) is 0 Å². The molecule has 3 heterocycles. The smallest absolute Gasteiger partial charge is 0.323 e. The van der Waals surface area contributed by atoms with Crippen LogP contribution in [0.15, 0.2) is 29.8 Å². The van der Waals surface area contributed by atoms with Gasteiger partial charge in [-0.05, 0) is 12.1 Å². The van der Waals surface area contributed by atoms with E-state index in [9.17, 15) is 13.2 Å². The molecule has 11 heteroatoms. The summed E-state index contributed by atoms with van der Waals surface area (Å²) >= 11 is 1.38. The summed E-state index contributed by atoms with van der Waals surface area (Å²) in [5.74, 6) is 0.432. The van der Waals surface area contributed by atoms with Gasteiger partial charge in [0, 0.05) is 24.7 Å². The molecule has 2 N–H and O–H groups in total. The SMILES string of the molecule is CS(=O)(=O)NCC1COCCN1C(=O)Nc1csc(-c2ccccn2)n1. The number of anilines is 1. The molecule has 1 fully saturated rings. The van der Waals surface area contributed by atoms with Crippen LogP contribution in [0.1, 0.15) is 0 Å². The van der Waals surface area contributed by atoms with E-state index in [0.717, 1.165) is 11.9 Å². The summed E-state index contributed by atoms with van der Waals surface area (Å²) in [6.07, 6.45) is 2.76. The van der Waals surface area contributed by atoms with Crippen LogP contribution in [-0.4, -0.2) is 67.9 Å². The average molecular weight is 397 g/mol. The molecule has 2 aromatic heterocycles. The third-order valence-electron chi connectivity index (χ3n) is 3.69. The molecule has 0 radical (unpaired) electrons. The number of urea groups is 1. The van der Waals surface area contributed by atoms with E-state index in [2.05, 4.69) is 20.0 Å². The predicted molar refractivity (Wildman–Crippen MR) is 98.5 cm³/mol. The first-order chi connectivity index (χ1) is 12.4. The van der Waals surface area contributed by atoms with E-state index in [4.69, 9.17) is 4.74 Å². The topological polar surface area (TPSA) is 114 Å². The van der Waals surface area contributed by atoms with Gasteiger partial charge in [-0.2, -0.15) is 0 Å². The lowest BCUT2D eigenvalue weighted by molar-refractivity contribution is 0.0176. The van der Waals surface area contributed by atoms with Crippen molar-refractivity contribution in [2.45, 2.75) is 6.04 Å². The Bertz CT molecular complexity index is 856. The number of aromatic nitrogens is 2. The first-order valence-electron chi connectivity index (χ1n) is 7.89. The van der Waals surface area contributed by atoms with Gasteiger partial charge >= 0.3 is 6.03 Å². The highest BCUT2D eigenvalue weighted by Crippen LogP contribution is 2.24. The van der Waals surface area contributed by atoms with Crippen molar-refractivity contribution in [3.8, 4) is 10.7 Å². The lowest BCUT2D eigenvalue weighted by atomic mass is 10.2. The third-order valence-corrected chi connectivity index (χ3v) is 5.25. The van der Waals surface area contributed by atoms with Gasteiger partial charge in [-0.25, -0.2) is 22.9 Å². The van der Waals surface area contributed by atoms with Crippen LogP contribution in [0.2, 0.25) is 0 Å². The number of hydrogen-bond acceptors (Lipinski definition) is 7. The zero-order valence-electron chi connectivity index (χ0n) is 14.1. The maximum atomic E-state index is 12.6. The summed E-state index contributed by atoms with van der Waals surface area (Å²) in [5, 5.41) is 5.20. The number of sulfonamides is 1. The fourth-order valence-electron chi connectivity index (χ4n) is 2.46. The van der Waals surface area contributed by atoms with Crippen LogP contribution >= 0.6 is 11.3 Å². The van der Waals surface area contributed by atoms with E-state index in [1.807, 2.05) is 18.2 Å². The summed E-state index contributed by atoms with van der Waals surface area (Å²) in [6.45, 7) is 1.15. The van der Waals surface area contributed by atoms with Gasteiger partial charge in [0.05, 0.1) is 31.2 Å². The minimum Gasteiger partial charge on any atom is -0.377 e. The molecule has 1 saturated heterocycles. The molecular formula is C15H19N5O4S2. The average Bonchev–Trinajstić information content (AvgIpc) is 3.09. The van der Waals surface area contributed by atoms with Gasteiger partial charge in [-0.15, -0.1) is 11.3 Å². The van der Waals surface area contributed by atoms with E-state index in [1.165, 1.54) is 11.3 Å². The Morgan fingerprint density at radius 3 is 3.04 bits per heavy atom. The molecule has 2 amide bonds. The van der Waals surface area contributed by atoms with Gasteiger partial charge in [-0.1, -0.05) is 6.07 Å². The van der Waals surface area contributed by atoms with Crippen LogP contribution in [0.5, 0.6) is 0 Å². The Morgan fingerprint density at radius 2 is 2.31 bits per heavy atom. The molecule has 0 saturated carbocycles. The summed E-state index contributed by atoms with van der Waals surface area (Å²) in [7, 11) is -3.34. The highest BCUT2D eigenvalue weighted by atomic mass is 32.2. The van der Waals surface area contributed by atoms with Gasteiger partial charge in [0.1, 0.15) is 10.8 Å². The van der Waals surface area contributed by atoms with Crippen molar-refractivity contribution < 1.29 is 17.9 Å². The van der Waals surface area contributed by atoms with Gasteiger partial charge in [0.2, 0.25) is 10.0 Å². The largest absolute Gasteiger partial charge is 0.377 e. The van der Waals surface area contributed by atoms with E-state index >= 15 is 0 Å². The van der Waals surface area contributed by atoms with Crippen LogP contribution in [0.3, 0.4) is 0 Å². The molecule has 140 valence electrons. The second-order valence-electron chi connectivity index (χ2n) is 5.73. The van der Waals surface area contributed by atoms with Gasteiger partial charge < -0.3 is 9.64 Å². The maximum absolute atomic E-state index is 12.6. The number of thiazole rings is 1. The molecule has 26 heavy (non-hydrogen) atoms. The zero-order valence-corrected chi connectivity index (χ0v) is 15.7. The van der Waals surface area contributed by atoms with Crippen molar-refractivity contribution in [1.29, 1.82) is 0 Å². The third kappa shape index (κ3) is 4.97. The summed E-state index contributed by atoms with van der Waals surface area (Å²) in [5.41, 5.74) is 0.736. The van der Waals surface area contributed by atoms with E-state index in [1.54, 1.807) is 16.5 Å². The Morgan fingerprint density at radius 1 is 1.46 bits per heavy atom. The molecule has 0 bridgehead atoms. The molecule has 3 rings (SSSR count). The molecule has 0 aliphatic carbocycles. The van der Waals surface area contributed by atoms with Crippen LogP contribution < -0.4 is 10.0 Å². The van der Waals surface area contributed by atoms with Gasteiger partial charge in [-0.3, -0.25) is 10.3 Å². The van der Waals surface area contributed by atoms with Crippen molar-refractivity contribution in [2.24, 2.45) is 0 Å². The number of carbonyl (C=O) groups excluding carboxylic acids is 1. The minimum absolute atomic E-state index is 0.0997. The fourth-order valence-corrected chi connectivity index (χ4v) is 3.68. The number of morpholine rings is 1. The number of hydrogen-bond donors (Lipinski definition) is 2. The highest BCUT2D eigenvalue weighted by molar-refractivity contribution is 7.88. The number of rotatable bonds is 5. The van der Waals surface area contributed by atoms with Crippen LogP contribution in [0.4, 0.5) is 10.6 Å². The predicted octanol–water partition coefficient (Wildman–Crippen LogP) is 0.987. The Hall–Kier alpha value is -2.08. The molecule has 9 nitrogen and oxygen atoms in total. The summed E-state index contributed by atoms with van der Waals surface area (Å²) in [4.78, 5) is 22.8. The van der Waals surface area contributed by atoms with Crippen LogP contribution in [0, 0.1) is 0 Å². The van der Waals surface area contributed by atoms with E-state index < -0.39 is 10.0 Å². The summed E-state index contributed by atoms with van der Waals surface area (Å²) < 4.78 is 30.4. The van der Waals surface area contributed by atoms with Crippen molar-refractivity contribution in [2.75, 3.05) is 37.9 Å². The first kappa shape index (κ1) is 18.7. The quantitative estimate of drug-likeness (QED) is 0.778. The van der Waals surface area contributed by atoms with Gasteiger partial charge in [0.25, 0.3) is 0 Å². The van der Waals surface area contributed by atoms with Crippen molar-refractivity contribution >= 4 is 33.2 Å². The Labute approximate surface area is 155 Å². The molecule has 1 aliphatic rings. The fraction of sp³-hybridized carbons (Fsp3) is 0.400. The normalized spacial score (nSPS) is 17.9. The number of nitrogens with zero attached hydrogens (tertiary/aromatic N) is 3. The van der Waals surface area contributed by atoms with Crippen molar-refractivity contribution in [3.05, 3.63) is 29.8 Å². The lowest BCUT2D eigenvalue weighted by Crippen LogP contribution is -2.54. The first-order valence-corrected chi connectivity index (χ1v) is 10.7. The number of ether oxygens (including phenoxy) is 1. The van der Waals surface area contributed by atoms with E-state index in [-0.39, 0.29) is 25.2 Å². The second-order valence-corrected chi connectivity index (χ2v) is 8.42. The lowest BCUT2D eigenvalue weighted by Gasteiger charge is -2.35. The van der Waals surface area contributed by atoms with Crippen molar-refractivity contribution in [1.82, 2.24) is 19.6 Å². The van der Waals surface area contributed by atoms with Crippen molar-refractivity contribution in [3.63, 3.8) is 0 Å².